The van der Waals surface area contributed by atoms with Crippen molar-refractivity contribution in [2.75, 3.05) is 18.4 Å². The SMILES string of the molecule is Cc1cccc(NC(=O)C(=O)NC[C@@H]2CCCN2S(=O)(=O)c2c(C)cc(C)cc2C)c1. The molecule has 2 N–H and O–H groups in total. The van der Waals surface area contributed by atoms with E-state index in [1.807, 2.05) is 32.0 Å². The van der Waals surface area contributed by atoms with Crippen LogP contribution in [0.15, 0.2) is 41.3 Å². The van der Waals surface area contributed by atoms with Gasteiger partial charge in [-0.3, -0.25) is 9.59 Å². The van der Waals surface area contributed by atoms with E-state index in [2.05, 4.69) is 10.6 Å². The molecule has 0 unspecified atom stereocenters. The van der Waals surface area contributed by atoms with Crippen LogP contribution in [0.5, 0.6) is 0 Å². The number of rotatable bonds is 5. The second kappa shape index (κ2) is 9.20. The molecule has 8 heteroatoms. The molecule has 7 nitrogen and oxygen atoms in total. The Morgan fingerprint density at radius 3 is 2.32 bits per heavy atom. The molecule has 0 spiro atoms. The summed E-state index contributed by atoms with van der Waals surface area (Å²) in [4.78, 5) is 24.8. The van der Waals surface area contributed by atoms with E-state index in [0.717, 1.165) is 11.1 Å². The fraction of sp³-hybridized carbons (Fsp3) is 0.391. The van der Waals surface area contributed by atoms with Gasteiger partial charge in [0.25, 0.3) is 0 Å². The van der Waals surface area contributed by atoms with Crippen LogP contribution in [0.25, 0.3) is 0 Å². The van der Waals surface area contributed by atoms with Crippen LogP contribution in [-0.4, -0.2) is 43.7 Å². The van der Waals surface area contributed by atoms with E-state index in [1.54, 1.807) is 32.0 Å². The molecule has 3 rings (SSSR count). The summed E-state index contributed by atoms with van der Waals surface area (Å²) >= 11 is 0. The smallest absolute Gasteiger partial charge is 0.313 e. The van der Waals surface area contributed by atoms with Gasteiger partial charge in [-0.15, -0.1) is 0 Å². The molecular weight excluding hydrogens is 414 g/mol. The molecule has 2 aromatic rings. The predicted molar refractivity (Wildman–Crippen MR) is 120 cm³/mol. The highest BCUT2D eigenvalue weighted by molar-refractivity contribution is 7.89. The molecule has 1 aliphatic heterocycles. The molecule has 31 heavy (non-hydrogen) atoms. The molecule has 0 aromatic heterocycles. The molecule has 0 saturated carbocycles. The van der Waals surface area contributed by atoms with Gasteiger partial charge in [-0.05, 0) is 69.4 Å². The maximum Gasteiger partial charge on any atom is 0.313 e. The van der Waals surface area contributed by atoms with E-state index in [9.17, 15) is 18.0 Å². The van der Waals surface area contributed by atoms with Gasteiger partial charge in [0.2, 0.25) is 10.0 Å². The summed E-state index contributed by atoms with van der Waals surface area (Å²) in [6.45, 7) is 7.91. The summed E-state index contributed by atoms with van der Waals surface area (Å²) in [5, 5.41) is 5.16. The number of hydrogen-bond donors (Lipinski definition) is 2. The Labute approximate surface area is 183 Å². The van der Waals surface area contributed by atoms with Crippen LogP contribution in [0.2, 0.25) is 0 Å². The molecule has 1 fully saturated rings. The quantitative estimate of drug-likeness (QED) is 0.695. The van der Waals surface area contributed by atoms with Crippen molar-refractivity contribution in [3.05, 3.63) is 58.7 Å². The number of aryl methyl sites for hydroxylation is 4. The first kappa shape index (κ1) is 23.0. The van der Waals surface area contributed by atoms with Crippen molar-refractivity contribution in [2.24, 2.45) is 0 Å². The molecule has 2 amide bonds. The van der Waals surface area contributed by atoms with E-state index < -0.39 is 21.8 Å². The molecule has 1 atom stereocenters. The minimum absolute atomic E-state index is 0.0866. The van der Waals surface area contributed by atoms with Crippen molar-refractivity contribution in [3.8, 4) is 0 Å². The zero-order chi connectivity index (χ0) is 22.8. The highest BCUT2D eigenvalue weighted by atomic mass is 32.2. The third-order valence-electron chi connectivity index (χ3n) is 5.47. The van der Waals surface area contributed by atoms with Gasteiger partial charge in [-0.2, -0.15) is 4.31 Å². The fourth-order valence-electron chi connectivity index (χ4n) is 4.22. The van der Waals surface area contributed by atoms with E-state index in [0.29, 0.717) is 41.1 Å². The third-order valence-corrected chi connectivity index (χ3v) is 7.73. The van der Waals surface area contributed by atoms with E-state index >= 15 is 0 Å². The Hall–Kier alpha value is -2.71. The Morgan fingerprint density at radius 2 is 1.68 bits per heavy atom. The molecule has 166 valence electrons. The number of hydrogen-bond acceptors (Lipinski definition) is 4. The topological polar surface area (TPSA) is 95.6 Å². The average Bonchev–Trinajstić information content (AvgIpc) is 3.14. The van der Waals surface area contributed by atoms with Gasteiger partial charge in [0.15, 0.2) is 0 Å². The first-order chi connectivity index (χ1) is 14.6. The molecule has 1 aliphatic rings. The molecule has 0 bridgehead atoms. The minimum atomic E-state index is -3.71. The number of anilines is 1. The number of benzene rings is 2. The summed E-state index contributed by atoms with van der Waals surface area (Å²) in [5.74, 6) is -1.56. The zero-order valence-electron chi connectivity index (χ0n) is 18.4. The van der Waals surface area contributed by atoms with Crippen molar-refractivity contribution in [3.63, 3.8) is 0 Å². The lowest BCUT2D eigenvalue weighted by Gasteiger charge is -2.26. The van der Waals surface area contributed by atoms with Gasteiger partial charge in [-0.1, -0.05) is 29.8 Å². The molecular formula is C23H29N3O4S. The molecule has 1 heterocycles. The van der Waals surface area contributed by atoms with Crippen LogP contribution in [0.3, 0.4) is 0 Å². The average molecular weight is 444 g/mol. The lowest BCUT2D eigenvalue weighted by atomic mass is 10.1. The van der Waals surface area contributed by atoms with Gasteiger partial charge >= 0.3 is 11.8 Å². The van der Waals surface area contributed by atoms with E-state index in [1.165, 1.54) is 4.31 Å². The summed E-state index contributed by atoms with van der Waals surface area (Å²) < 4.78 is 28.2. The first-order valence-corrected chi connectivity index (χ1v) is 11.8. The van der Waals surface area contributed by atoms with Crippen molar-refractivity contribution in [1.29, 1.82) is 0 Å². The minimum Gasteiger partial charge on any atom is -0.346 e. The molecule has 0 aliphatic carbocycles. The standard InChI is InChI=1S/C23H29N3O4S/c1-15-7-5-8-19(13-15)25-23(28)22(27)24-14-20-9-6-10-26(20)31(29,30)21-17(3)11-16(2)12-18(21)4/h5,7-8,11-13,20H,6,9-10,14H2,1-4H3,(H,24,27)(H,25,28)/t20-/m0/s1. The molecule has 1 saturated heterocycles. The van der Waals surface area contributed by atoms with Crippen molar-refractivity contribution >= 4 is 27.5 Å². The Kier molecular flexibility index (Phi) is 6.81. The summed E-state index contributed by atoms with van der Waals surface area (Å²) in [7, 11) is -3.71. The monoisotopic (exact) mass is 443 g/mol. The lowest BCUT2D eigenvalue weighted by molar-refractivity contribution is -0.136. The van der Waals surface area contributed by atoms with Crippen LogP contribution in [0, 0.1) is 27.7 Å². The number of carbonyl (C=O) groups is 2. The van der Waals surface area contributed by atoms with Gasteiger partial charge in [-0.25, -0.2) is 8.42 Å². The first-order valence-electron chi connectivity index (χ1n) is 10.3. The second-order valence-electron chi connectivity index (χ2n) is 8.17. The van der Waals surface area contributed by atoms with Crippen LogP contribution in [-0.2, 0) is 19.6 Å². The number of nitrogens with one attached hydrogen (secondary N) is 2. The fourth-order valence-corrected chi connectivity index (χ4v) is 6.33. The molecule has 2 aromatic carbocycles. The Morgan fingerprint density at radius 1 is 1.00 bits per heavy atom. The van der Waals surface area contributed by atoms with Crippen molar-refractivity contribution in [1.82, 2.24) is 9.62 Å². The summed E-state index contributed by atoms with van der Waals surface area (Å²) in [6, 6.07) is 10.5. The largest absolute Gasteiger partial charge is 0.346 e. The van der Waals surface area contributed by atoms with Crippen LogP contribution in [0.1, 0.15) is 35.1 Å². The van der Waals surface area contributed by atoms with Gasteiger partial charge < -0.3 is 10.6 Å². The van der Waals surface area contributed by atoms with Crippen LogP contribution < -0.4 is 10.6 Å². The lowest BCUT2D eigenvalue weighted by Crippen LogP contribution is -2.45. The van der Waals surface area contributed by atoms with Gasteiger partial charge in [0.05, 0.1) is 4.90 Å². The van der Waals surface area contributed by atoms with E-state index in [-0.39, 0.29) is 12.6 Å². The van der Waals surface area contributed by atoms with E-state index in [4.69, 9.17) is 0 Å². The molecule has 0 radical (unpaired) electrons. The van der Waals surface area contributed by atoms with Crippen LogP contribution in [0.4, 0.5) is 5.69 Å². The summed E-state index contributed by atoms with van der Waals surface area (Å²) in [6.07, 6.45) is 1.34. The van der Waals surface area contributed by atoms with Gasteiger partial charge in [0, 0.05) is 24.8 Å². The normalized spacial score (nSPS) is 16.8. The maximum atomic E-state index is 13.4. The third kappa shape index (κ3) is 5.14. The number of sulfonamides is 1. The van der Waals surface area contributed by atoms with Gasteiger partial charge in [0.1, 0.15) is 0 Å². The number of nitrogens with zero attached hydrogens (tertiary/aromatic N) is 1. The predicted octanol–water partition coefficient (Wildman–Crippen LogP) is 2.83. The number of carbonyl (C=O) groups excluding carboxylic acids is 2. The Balaban J connectivity index is 1.68. The van der Waals surface area contributed by atoms with Crippen LogP contribution >= 0.6 is 0 Å². The highest BCUT2D eigenvalue weighted by Gasteiger charge is 2.37. The second-order valence-corrected chi connectivity index (χ2v) is 10.0. The highest BCUT2D eigenvalue weighted by Crippen LogP contribution is 2.30. The Bertz CT molecular complexity index is 1090. The zero-order valence-corrected chi connectivity index (χ0v) is 19.2. The summed E-state index contributed by atoms with van der Waals surface area (Å²) in [5.41, 5.74) is 3.94. The van der Waals surface area contributed by atoms with Crippen molar-refractivity contribution in [2.45, 2.75) is 51.5 Å². The maximum absolute atomic E-state index is 13.4. The number of amides is 2. The van der Waals surface area contributed by atoms with Crippen molar-refractivity contribution < 1.29 is 18.0 Å².